The third kappa shape index (κ3) is 4.21. The van der Waals surface area contributed by atoms with Crippen LogP contribution in [0.5, 0.6) is 0 Å². The zero-order valence-electron chi connectivity index (χ0n) is 9.31. The van der Waals surface area contributed by atoms with E-state index in [4.69, 9.17) is 0 Å². The molecular formula is C12H15NO3. The minimum atomic E-state index is -0.630. The van der Waals surface area contributed by atoms with Crippen molar-refractivity contribution < 1.29 is 14.3 Å². The summed E-state index contributed by atoms with van der Waals surface area (Å²) in [6.07, 6.45) is 5.98. The van der Waals surface area contributed by atoms with Crippen molar-refractivity contribution in [3.05, 3.63) is 30.1 Å². The topological polar surface area (TPSA) is 56.3 Å². The monoisotopic (exact) mass is 221 g/mol. The van der Waals surface area contributed by atoms with Crippen LogP contribution in [-0.4, -0.2) is 16.9 Å². The molecule has 86 valence electrons. The number of esters is 2. The molecule has 1 heterocycles. The van der Waals surface area contributed by atoms with Crippen molar-refractivity contribution in [2.24, 2.45) is 0 Å². The fourth-order valence-electron chi connectivity index (χ4n) is 1.22. The highest BCUT2D eigenvalue weighted by molar-refractivity contribution is 5.96. The predicted molar refractivity (Wildman–Crippen MR) is 58.8 cm³/mol. The molecule has 0 radical (unpaired) electrons. The molecule has 0 saturated carbocycles. The Bertz CT molecular complexity index is 349. The molecule has 1 rings (SSSR count). The molecule has 0 spiro atoms. The number of nitrogens with zero attached hydrogens (tertiary/aromatic N) is 1. The summed E-state index contributed by atoms with van der Waals surface area (Å²) < 4.78 is 4.67. The lowest BCUT2D eigenvalue weighted by molar-refractivity contribution is -0.138. The Labute approximate surface area is 94.6 Å². The Morgan fingerprint density at radius 3 is 2.81 bits per heavy atom. The van der Waals surface area contributed by atoms with Gasteiger partial charge in [0.25, 0.3) is 0 Å². The lowest BCUT2D eigenvalue weighted by Gasteiger charge is -2.01. The fourth-order valence-corrected chi connectivity index (χ4v) is 1.22. The molecule has 4 nitrogen and oxygen atoms in total. The van der Waals surface area contributed by atoms with E-state index in [2.05, 4.69) is 9.72 Å². The number of carbonyl (C=O) groups excluding carboxylic acids is 2. The Morgan fingerprint density at radius 1 is 1.38 bits per heavy atom. The highest BCUT2D eigenvalue weighted by Gasteiger charge is 2.12. The average Bonchev–Trinajstić information content (AvgIpc) is 2.30. The van der Waals surface area contributed by atoms with E-state index in [1.165, 1.54) is 6.20 Å². The maximum atomic E-state index is 11.4. The van der Waals surface area contributed by atoms with Crippen molar-refractivity contribution in [3.8, 4) is 0 Å². The van der Waals surface area contributed by atoms with E-state index in [0.717, 1.165) is 19.3 Å². The molecule has 0 unspecified atom stereocenters. The summed E-state index contributed by atoms with van der Waals surface area (Å²) in [6.45, 7) is 2.05. The molecule has 16 heavy (non-hydrogen) atoms. The summed E-state index contributed by atoms with van der Waals surface area (Å²) in [5.41, 5.74) is 0.298. The second-order valence-electron chi connectivity index (χ2n) is 3.46. The Morgan fingerprint density at radius 2 is 2.19 bits per heavy atom. The third-order valence-electron chi connectivity index (χ3n) is 2.09. The van der Waals surface area contributed by atoms with Crippen LogP contribution in [-0.2, 0) is 9.53 Å². The van der Waals surface area contributed by atoms with Crippen LogP contribution in [0.15, 0.2) is 24.5 Å². The van der Waals surface area contributed by atoms with Crippen molar-refractivity contribution >= 4 is 11.9 Å². The predicted octanol–water partition coefficient (Wildman–Crippen LogP) is 2.35. The minimum Gasteiger partial charge on any atom is -0.389 e. The van der Waals surface area contributed by atoms with Crippen LogP contribution in [0, 0.1) is 0 Å². The molecule has 1 aromatic heterocycles. The first-order chi connectivity index (χ1) is 7.74. The SMILES string of the molecule is CCCCCC(=O)OC(=O)c1cccnc1. The smallest absolute Gasteiger partial charge is 0.347 e. The summed E-state index contributed by atoms with van der Waals surface area (Å²) in [7, 11) is 0. The van der Waals surface area contributed by atoms with Crippen LogP contribution in [0.25, 0.3) is 0 Å². The van der Waals surface area contributed by atoms with Gasteiger partial charge in [-0.2, -0.15) is 0 Å². The number of pyridine rings is 1. The zero-order chi connectivity index (χ0) is 11.8. The van der Waals surface area contributed by atoms with Gasteiger partial charge in [0.15, 0.2) is 0 Å². The Kier molecular flexibility index (Phi) is 5.19. The number of unbranched alkanes of at least 4 members (excludes halogenated alkanes) is 2. The molecule has 1 aromatic rings. The van der Waals surface area contributed by atoms with E-state index in [9.17, 15) is 9.59 Å². The summed E-state index contributed by atoms with van der Waals surface area (Å²) in [6, 6.07) is 3.19. The largest absolute Gasteiger partial charge is 0.389 e. The average molecular weight is 221 g/mol. The van der Waals surface area contributed by atoms with Gasteiger partial charge in [0.1, 0.15) is 0 Å². The number of rotatable bonds is 5. The first-order valence-corrected chi connectivity index (χ1v) is 5.39. The molecule has 4 heteroatoms. The number of hydrogen-bond acceptors (Lipinski definition) is 4. The molecule has 0 aliphatic heterocycles. The molecule has 0 aromatic carbocycles. The van der Waals surface area contributed by atoms with Crippen LogP contribution >= 0.6 is 0 Å². The highest BCUT2D eigenvalue weighted by atomic mass is 16.6. The van der Waals surface area contributed by atoms with Crippen molar-refractivity contribution in [1.29, 1.82) is 0 Å². The highest BCUT2D eigenvalue weighted by Crippen LogP contribution is 2.04. The van der Waals surface area contributed by atoms with Gasteiger partial charge in [-0.05, 0) is 18.6 Å². The molecule has 0 aliphatic rings. The molecule has 0 bridgehead atoms. The molecule has 0 saturated heterocycles. The van der Waals surface area contributed by atoms with Crippen molar-refractivity contribution in [3.63, 3.8) is 0 Å². The molecule has 0 amide bonds. The van der Waals surface area contributed by atoms with Crippen LogP contribution < -0.4 is 0 Å². The lowest BCUT2D eigenvalue weighted by Crippen LogP contribution is -2.12. The Balaban J connectivity index is 2.37. The summed E-state index contributed by atoms with van der Waals surface area (Å²) >= 11 is 0. The van der Waals surface area contributed by atoms with Crippen LogP contribution in [0.4, 0.5) is 0 Å². The maximum absolute atomic E-state index is 11.4. The normalized spacial score (nSPS) is 9.81. The third-order valence-corrected chi connectivity index (χ3v) is 2.09. The van der Waals surface area contributed by atoms with Gasteiger partial charge in [0, 0.05) is 18.8 Å². The molecule has 0 N–H and O–H groups in total. The quantitative estimate of drug-likeness (QED) is 0.435. The minimum absolute atomic E-state index is 0.292. The second kappa shape index (κ2) is 6.71. The molecule has 0 fully saturated rings. The number of carbonyl (C=O) groups is 2. The van der Waals surface area contributed by atoms with E-state index in [-0.39, 0.29) is 0 Å². The van der Waals surface area contributed by atoms with Gasteiger partial charge in [-0.25, -0.2) is 4.79 Å². The first kappa shape index (κ1) is 12.4. The van der Waals surface area contributed by atoms with Gasteiger partial charge in [0.2, 0.25) is 0 Å². The standard InChI is InChI=1S/C12H15NO3/c1-2-3-4-7-11(14)16-12(15)10-6-5-8-13-9-10/h5-6,8-9H,2-4,7H2,1H3. The summed E-state index contributed by atoms with van der Waals surface area (Å²) in [4.78, 5) is 26.4. The summed E-state index contributed by atoms with van der Waals surface area (Å²) in [5.74, 6) is -1.10. The van der Waals surface area contributed by atoms with Crippen LogP contribution in [0.2, 0.25) is 0 Å². The zero-order valence-corrected chi connectivity index (χ0v) is 9.31. The molecule has 0 aliphatic carbocycles. The summed E-state index contributed by atoms with van der Waals surface area (Å²) in [5, 5.41) is 0. The number of hydrogen-bond donors (Lipinski definition) is 0. The van der Waals surface area contributed by atoms with Crippen LogP contribution in [0.1, 0.15) is 43.0 Å². The van der Waals surface area contributed by atoms with Gasteiger partial charge in [-0.1, -0.05) is 19.8 Å². The number of aromatic nitrogens is 1. The van der Waals surface area contributed by atoms with Gasteiger partial charge < -0.3 is 4.74 Å². The van der Waals surface area contributed by atoms with Gasteiger partial charge >= 0.3 is 11.9 Å². The van der Waals surface area contributed by atoms with E-state index >= 15 is 0 Å². The van der Waals surface area contributed by atoms with Crippen molar-refractivity contribution in [2.45, 2.75) is 32.6 Å². The van der Waals surface area contributed by atoms with E-state index in [0.29, 0.717) is 12.0 Å². The van der Waals surface area contributed by atoms with Gasteiger partial charge in [-0.3, -0.25) is 9.78 Å². The van der Waals surface area contributed by atoms with E-state index in [1.807, 2.05) is 6.92 Å². The molecule has 0 atom stereocenters. The Hall–Kier alpha value is -1.71. The first-order valence-electron chi connectivity index (χ1n) is 5.39. The van der Waals surface area contributed by atoms with Crippen molar-refractivity contribution in [1.82, 2.24) is 4.98 Å². The maximum Gasteiger partial charge on any atom is 0.347 e. The fraction of sp³-hybridized carbons (Fsp3) is 0.417. The van der Waals surface area contributed by atoms with E-state index < -0.39 is 11.9 Å². The second-order valence-corrected chi connectivity index (χ2v) is 3.46. The van der Waals surface area contributed by atoms with E-state index in [1.54, 1.807) is 18.3 Å². The number of ether oxygens (including phenoxy) is 1. The van der Waals surface area contributed by atoms with Crippen LogP contribution in [0.3, 0.4) is 0 Å². The van der Waals surface area contributed by atoms with Gasteiger partial charge in [0.05, 0.1) is 5.56 Å². The van der Waals surface area contributed by atoms with Crippen molar-refractivity contribution in [2.75, 3.05) is 0 Å². The lowest BCUT2D eigenvalue weighted by atomic mass is 10.2. The van der Waals surface area contributed by atoms with Gasteiger partial charge in [-0.15, -0.1) is 0 Å². The molecular weight excluding hydrogens is 206 g/mol.